The zero-order valence-corrected chi connectivity index (χ0v) is 17.5. The molecule has 9 heteroatoms. The highest BCUT2D eigenvalue weighted by Gasteiger charge is 2.21. The molecule has 1 atom stereocenters. The van der Waals surface area contributed by atoms with Crippen molar-refractivity contribution in [1.82, 2.24) is 20.2 Å². The van der Waals surface area contributed by atoms with Crippen molar-refractivity contribution < 1.29 is 8.81 Å². The first kappa shape index (κ1) is 18.4. The number of hydrogen-bond acceptors (Lipinski definition) is 8. The molecule has 0 saturated carbocycles. The molecule has 0 aliphatic heterocycles. The number of thiophene rings is 2. The number of rotatable bonds is 5. The number of nitrogens with zero attached hydrogens (tertiary/aromatic N) is 4. The molecule has 4 aromatic heterocycles. The minimum Gasteiger partial charge on any atom is -0.419 e. The van der Waals surface area contributed by atoms with E-state index in [2.05, 4.69) is 20.2 Å². The van der Waals surface area contributed by atoms with Crippen LogP contribution < -0.4 is 0 Å². The number of aromatic nitrogens is 4. The summed E-state index contributed by atoms with van der Waals surface area (Å²) in [5.74, 6) is 0.812. The zero-order valence-electron chi connectivity index (χ0n) is 15.1. The Morgan fingerprint density at radius 1 is 1.07 bits per heavy atom. The number of benzene rings is 1. The van der Waals surface area contributed by atoms with Gasteiger partial charge in [0.15, 0.2) is 0 Å². The maximum absolute atomic E-state index is 13.3. The van der Waals surface area contributed by atoms with Crippen molar-refractivity contribution in [1.29, 1.82) is 0 Å². The van der Waals surface area contributed by atoms with Gasteiger partial charge in [-0.3, -0.25) is 0 Å². The number of thioether (sulfide) groups is 1. The molecule has 0 spiro atoms. The van der Waals surface area contributed by atoms with E-state index in [0.717, 1.165) is 31.2 Å². The van der Waals surface area contributed by atoms with Gasteiger partial charge in [0.1, 0.15) is 22.0 Å². The van der Waals surface area contributed by atoms with Crippen LogP contribution in [-0.4, -0.2) is 20.2 Å². The smallest absolute Gasteiger partial charge is 0.257 e. The van der Waals surface area contributed by atoms with Gasteiger partial charge in [0.05, 0.1) is 15.5 Å². The molecule has 0 radical (unpaired) electrons. The van der Waals surface area contributed by atoms with Crippen molar-refractivity contribution >= 4 is 44.7 Å². The Hall–Kier alpha value is -2.62. The SMILES string of the molecule is C[C@@H](Sc1ncnc2scc(-c3ccc(F)cc3)c12)c1nnc(-c2cccs2)o1. The van der Waals surface area contributed by atoms with E-state index in [0.29, 0.717) is 11.8 Å². The molecule has 0 amide bonds. The number of hydrogen-bond donors (Lipinski definition) is 0. The van der Waals surface area contributed by atoms with Crippen LogP contribution in [0, 0.1) is 5.82 Å². The molecule has 1 aromatic carbocycles. The molecule has 29 heavy (non-hydrogen) atoms. The summed E-state index contributed by atoms with van der Waals surface area (Å²) in [5.41, 5.74) is 1.92. The molecule has 0 N–H and O–H groups in total. The number of halogens is 1. The van der Waals surface area contributed by atoms with Crippen LogP contribution in [0.25, 0.3) is 32.1 Å². The molecular weight excluding hydrogens is 427 g/mol. The Labute approximate surface area is 177 Å². The Kier molecular flexibility index (Phi) is 4.86. The Morgan fingerprint density at radius 2 is 1.93 bits per heavy atom. The van der Waals surface area contributed by atoms with Crippen molar-refractivity contribution in [3.63, 3.8) is 0 Å². The van der Waals surface area contributed by atoms with Crippen molar-refractivity contribution in [3.05, 3.63) is 65.2 Å². The second-order valence-electron chi connectivity index (χ2n) is 6.20. The quantitative estimate of drug-likeness (QED) is 0.231. The molecule has 5 rings (SSSR count). The maximum atomic E-state index is 13.3. The molecule has 5 aromatic rings. The minimum absolute atomic E-state index is 0.0877. The van der Waals surface area contributed by atoms with Crippen LogP contribution >= 0.6 is 34.4 Å². The highest BCUT2D eigenvalue weighted by atomic mass is 32.2. The lowest BCUT2D eigenvalue weighted by Crippen LogP contribution is -1.92. The van der Waals surface area contributed by atoms with Crippen molar-refractivity contribution in [3.8, 4) is 21.9 Å². The summed E-state index contributed by atoms with van der Waals surface area (Å²) in [6.07, 6.45) is 1.56. The summed E-state index contributed by atoms with van der Waals surface area (Å²) in [4.78, 5) is 10.7. The third kappa shape index (κ3) is 3.57. The average Bonchev–Trinajstić information content (AvgIpc) is 3.48. The summed E-state index contributed by atoms with van der Waals surface area (Å²) in [5, 5.41) is 14.1. The molecule has 0 bridgehead atoms. The molecule has 0 aliphatic rings. The molecule has 5 nitrogen and oxygen atoms in total. The molecule has 4 heterocycles. The summed E-state index contributed by atoms with van der Waals surface area (Å²) >= 11 is 4.65. The van der Waals surface area contributed by atoms with Gasteiger partial charge in [-0.1, -0.05) is 30.0 Å². The largest absolute Gasteiger partial charge is 0.419 e. The van der Waals surface area contributed by atoms with Gasteiger partial charge in [-0.05, 0) is 36.1 Å². The second-order valence-corrected chi connectivity index (χ2v) is 9.33. The van der Waals surface area contributed by atoms with Crippen LogP contribution in [0.2, 0.25) is 0 Å². The topological polar surface area (TPSA) is 64.7 Å². The Bertz CT molecular complexity index is 1260. The maximum Gasteiger partial charge on any atom is 0.257 e. The normalized spacial score (nSPS) is 12.5. The van der Waals surface area contributed by atoms with Crippen LogP contribution in [0.4, 0.5) is 4.39 Å². The van der Waals surface area contributed by atoms with Crippen LogP contribution in [0.1, 0.15) is 18.1 Å². The van der Waals surface area contributed by atoms with E-state index in [9.17, 15) is 4.39 Å². The lowest BCUT2D eigenvalue weighted by Gasteiger charge is -2.08. The Morgan fingerprint density at radius 3 is 2.72 bits per heavy atom. The van der Waals surface area contributed by atoms with Crippen LogP contribution in [0.3, 0.4) is 0 Å². The van der Waals surface area contributed by atoms with Crippen LogP contribution in [0.15, 0.2) is 62.9 Å². The first-order valence-electron chi connectivity index (χ1n) is 8.71. The third-order valence-corrected chi connectivity index (χ3v) is 7.13. The minimum atomic E-state index is -0.259. The predicted molar refractivity (Wildman–Crippen MR) is 115 cm³/mol. The van der Waals surface area contributed by atoms with E-state index < -0.39 is 0 Å². The van der Waals surface area contributed by atoms with Gasteiger partial charge in [0, 0.05) is 10.9 Å². The summed E-state index contributed by atoms with van der Waals surface area (Å²) < 4.78 is 19.2. The monoisotopic (exact) mass is 440 g/mol. The fourth-order valence-electron chi connectivity index (χ4n) is 2.90. The Balaban J connectivity index is 1.49. The molecule has 0 unspecified atom stereocenters. The highest BCUT2D eigenvalue weighted by Crippen LogP contribution is 2.42. The molecule has 144 valence electrons. The van der Waals surface area contributed by atoms with E-state index in [4.69, 9.17) is 4.42 Å². The molecular formula is C20H13FN4OS3. The first-order chi connectivity index (χ1) is 14.2. The van der Waals surface area contributed by atoms with Gasteiger partial charge in [-0.2, -0.15) is 0 Å². The fraction of sp³-hybridized carbons (Fsp3) is 0.100. The van der Waals surface area contributed by atoms with E-state index in [-0.39, 0.29) is 11.1 Å². The van der Waals surface area contributed by atoms with E-state index in [1.165, 1.54) is 12.1 Å². The van der Waals surface area contributed by atoms with Crippen LogP contribution in [0.5, 0.6) is 0 Å². The first-order valence-corrected chi connectivity index (χ1v) is 11.3. The van der Waals surface area contributed by atoms with Gasteiger partial charge in [0.25, 0.3) is 5.89 Å². The van der Waals surface area contributed by atoms with E-state index in [1.54, 1.807) is 52.9 Å². The number of fused-ring (bicyclic) bond motifs is 1. The van der Waals surface area contributed by atoms with Gasteiger partial charge >= 0.3 is 0 Å². The predicted octanol–water partition coefficient (Wildman–Crippen LogP) is 6.46. The standard InChI is InChI=1S/C20H13FN4OS3/c1-11(17-24-25-18(26-17)15-3-2-8-27-15)29-20-16-14(9-28-19(16)22-10-23-20)12-4-6-13(21)7-5-12/h2-11H,1H3/t11-/m1/s1. The highest BCUT2D eigenvalue weighted by molar-refractivity contribution is 7.99. The summed E-state index contributed by atoms with van der Waals surface area (Å²) in [6, 6.07) is 10.4. The van der Waals surface area contributed by atoms with Crippen molar-refractivity contribution in [2.45, 2.75) is 17.2 Å². The molecule has 0 fully saturated rings. The van der Waals surface area contributed by atoms with E-state index >= 15 is 0 Å². The summed E-state index contributed by atoms with van der Waals surface area (Å²) in [6.45, 7) is 2.01. The zero-order chi connectivity index (χ0) is 19.8. The van der Waals surface area contributed by atoms with Crippen molar-refractivity contribution in [2.75, 3.05) is 0 Å². The third-order valence-electron chi connectivity index (χ3n) is 4.30. The van der Waals surface area contributed by atoms with Gasteiger partial charge in [0.2, 0.25) is 5.89 Å². The van der Waals surface area contributed by atoms with Crippen LogP contribution in [-0.2, 0) is 0 Å². The molecule has 0 saturated heterocycles. The summed E-state index contributed by atoms with van der Waals surface area (Å²) in [7, 11) is 0. The lowest BCUT2D eigenvalue weighted by molar-refractivity contribution is 0.510. The van der Waals surface area contributed by atoms with Gasteiger partial charge in [-0.25, -0.2) is 14.4 Å². The lowest BCUT2D eigenvalue weighted by atomic mass is 10.1. The van der Waals surface area contributed by atoms with Crippen molar-refractivity contribution in [2.24, 2.45) is 0 Å². The second kappa shape index (κ2) is 7.66. The van der Waals surface area contributed by atoms with E-state index in [1.807, 2.05) is 29.8 Å². The van der Waals surface area contributed by atoms with Gasteiger partial charge in [-0.15, -0.1) is 32.9 Å². The average molecular weight is 441 g/mol. The van der Waals surface area contributed by atoms with Gasteiger partial charge < -0.3 is 4.42 Å². The fourth-order valence-corrected chi connectivity index (χ4v) is 5.48. The molecule has 0 aliphatic carbocycles.